The van der Waals surface area contributed by atoms with Gasteiger partial charge in [0.25, 0.3) is 0 Å². The van der Waals surface area contributed by atoms with Gasteiger partial charge in [-0.1, -0.05) is 25.5 Å². The fourth-order valence-electron chi connectivity index (χ4n) is 1.74. The Balaban J connectivity index is 2.65. The van der Waals surface area contributed by atoms with E-state index in [1.165, 1.54) is 0 Å². The number of carbonyl (C=O) groups excluding carboxylic acids is 1. The molecule has 3 heteroatoms. The zero-order valence-corrected chi connectivity index (χ0v) is 9.90. The lowest BCUT2D eigenvalue weighted by Crippen LogP contribution is -2.24. The number of methoxy groups -OCH3 is 1. The SMILES string of the molecule is CCC[C@H](Cc1ccc(OC)cc1)C(N)=O. The second-order valence-corrected chi connectivity index (χ2v) is 3.94. The summed E-state index contributed by atoms with van der Waals surface area (Å²) in [5.41, 5.74) is 6.49. The molecule has 16 heavy (non-hydrogen) atoms. The van der Waals surface area contributed by atoms with Gasteiger partial charge >= 0.3 is 0 Å². The zero-order valence-electron chi connectivity index (χ0n) is 9.90. The highest BCUT2D eigenvalue weighted by Crippen LogP contribution is 2.17. The Labute approximate surface area is 96.6 Å². The predicted molar refractivity (Wildman–Crippen MR) is 64.3 cm³/mol. The van der Waals surface area contributed by atoms with Gasteiger partial charge in [0.2, 0.25) is 5.91 Å². The number of benzene rings is 1. The Morgan fingerprint density at radius 1 is 1.38 bits per heavy atom. The van der Waals surface area contributed by atoms with Crippen LogP contribution in [0.3, 0.4) is 0 Å². The van der Waals surface area contributed by atoms with Crippen LogP contribution < -0.4 is 10.5 Å². The lowest BCUT2D eigenvalue weighted by Gasteiger charge is -2.12. The third-order valence-corrected chi connectivity index (χ3v) is 2.68. The van der Waals surface area contributed by atoms with Crippen molar-refractivity contribution in [2.75, 3.05) is 7.11 Å². The molecule has 0 aliphatic carbocycles. The molecule has 0 heterocycles. The fraction of sp³-hybridized carbons (Fsp3) is 0.462. The van der Waals surface area contributed by atoms with Crippen molar-refractivity contribution in [2.24, 2.45) is 11.7 Å². The first-order chi connectivity index (χ1) is 7.67. The minimum Gasteiger partial charge on any atom is -0.497 e. The van der Waals surface area contributed by atoms with Gasteiger partial charge in [-0.05, 0) is 30.5 Å². The zero-order chi connectivity index (χ0) is 12.0. The minimum absolute atomic E-state index is 0.0570. The molecule has 0 aliphatic heterocycles. The van der Waals surface area contributed by atoms with Crippen LogP contribution in [0.2, 0.25) is 0 Å². The van der Waals surface area contributed by atoms with E-state index in [9.17, 15) is 4.79 Å². The molecule has 0 fully saturated rings. The van der Waals surface area contributed by atoms with Gasteiger partial charge in [0.1, 0.15) is 5.75 Å². The molecule has 1 atom stereocenters. The van der Waals surface area contributed by atoms with E-state index < -0.39 is 0 Å². The maximum Gasteiger partial charge on any atom is 0.220 e. The number of ether oxygens (including phenoxy) is 1. The van der Waals surface area contributed by atoms with Gasteiger partial charge in [-0.15, -0.1) is 0 Å². The maximum atomic E-state index is 11.2. The number of carbonyl (C=O) groups is 1. The van der Waals surface area contributed by atoms with Gasteiger partial charge in [0.05, 0.1) is 7.11 Å². The van der Waals surface area contributed by atoms with Crippen molar-refractivity contribution >= 4 is 5.91 Å². The Morgan fingerprint density at radius 3 is 2.44 bits per heavy atom. The summed E-state index contributed by atoms with van der Waals surface area (Å²) in [5, 5.41) is 0. The van der Waals surface area contributed by atoms with Gasteiger partial charge in [0, 0.05) is 5.92 Å². The standard InChI is InChI=1S/C13H19NO2/c1-3-4-11(13(14)15)9-10-5-7-12(16-2)8-6-10/h5-8,11H,3-4,9H2,1-2H3,(H2,14,15)/t11-/m1/s1. The highest BCUT2D eigenvalue weighted by Gasteiger charge is 2.14. The molecule has 88 valence electrons. The second kappa shape index (κ2) is 6.16. The highest BCUT2D eigenvalue weighted by atomic mass is 16.5. The van der Waals surface area contributed by atoms with Crippen molar-refractivity contribution in [1.82, 2.24) is 0 Å². The summed E-state index contributed by atoms with van der Waals surface area (Å²) in [7, 11) is 1.64. The summed E-state index contributed by atoms with van der Waals surface area (Å²) in [4.78, 5) is 11.2. The van der Waals surface area contributed by atoms with Gasteiger partial charge in [-0.3, -0.25) is 4.79 Å². The molecule has 0 unspecified atom stereocenters. The van der Waals surface area contributed by atoms with Crippen molar-refractivity contribution in [3.63, 3.8) is 0 Å². The number of rotatable bonds is 6. The van der Waals surface area contributed by atoms with Gasteiger partial charge in [-0.25, -0.2) is 0 Å². The lowest BCUT2D eigenvalue weighted by molar-refractivity contribution is -0.122. The van der Waals surface area contributed by atoms with Crippen molar-refractivity contribution in [2.45, 2.75) is 26.2 Å². The van der Waals surface area contributed by atoms with Crippen molar-refractivity contribution in [3.05, 3.63) is 29.8 Å². The third kappa shape index (κ3) is 3.57. The first-order valence-corrected chi connectivity index (χ1v) is 5.59. The Hall–Kier alpha value is -1.51. The summed E-state index contributed by atoms with van der Waals surface area (Å²) >= 11 is 0. The average Bonchev–Trinajstić information content (AvgIpc) is 2.29. The molecule has 1 aromatic carbocycles. The molecule has 0 aromatic heterocycles. The van der Waals surface area contributed by atoms with E-state index in [4.69, 9.17) is 10.5 Å². The number of primary amides is 1. The monoisotopic (exact) mass is 221 g/mol. The number of hydrogen-bond donors (Lipinski definition) is 1. The van der Waals surface area contributed by atoms with Crippen LogP contribution in [0.25, 0.3) is 0 Å². The van der Waals surface area contributed by atoms with Gasteiger partial charge < -0.3 is 10.5 Å². The van der Waals surface area contributed by atoms with Crippen LogP contribution in [-0.4, -0.2) is 13.0 Å². The molecule has 0 bridgehead atoms. The quantitative estimate of drug-likeness (QED) is 0.800. The van der Waals surface area contributed by atoms with Crippen LogP contribution in [0.5, 0.6) is 5.75 Å². The molecule has 0 saturated carbocycles. The molecule has 0 spiro atoms. The topological polar surface area (TPSA) is 52.3 Å². The second-order valence-electron chi connectivity index (χ2n) is 3.94. The molecule has 0 aliphatic rings. The summed E-state index contributed by atoms with van der Waals surface area (Å²) in [6.45, 7) is 2.06. The molecular weight excluding hydrogens is 202 g/mol. The average molecular weight is 221 g/mol. The van der Waals surface area contributed by atoms with E-state index in [0.29, 0.717) is 6.42 Å². The Kier molecular flexibility index (Phi) is 4.83. The van der Waals surface area contributed by atoms with Crippen LogP contribution >= 0.6 is 0 Å². The van der Waals surface area contributed by atoms with E-state index >= 15 is 0 Å². The molecule has 2 N–H and O–H groups in total. The number of amides is 1. The number of nitrogens with two attached hydrogens (primary N) is 1. The molecule has 3 nitrogen and oxygen atoms in total. The predicted octanol–water partition coefficient (Wildman–Crippen LogP) is 2.14. The summed E-state index contributed by atoms with van der Waals surface area (Å²) in [6.07, 6.45) is 2.54. The Morgan fingerprint density at radius 2 is 2.00 bits per heavy atom. The lowest BCUT2D eigenvalue weighted by atomic mass is 9.94. The summed E-state index contributed by atoms with van der Waals surface area (Å²) < 4.78 is 5.08. The van der Waals surface area contributed by atoms with E-state index in [-0.39, 0.29) is 11.8 Å². The van der Waals surface area contributed by atoms with E-state index in [1.807, 2.05) is 24.3 Å². The molecular formula is C13H19NO2. The molecule has 1 aromatic rings. The van der Waals surface area contributed by atoms with Crippen LogP contribution in [0.1, 0.15) is 25.3 Å². The first-order valence-electron chi connectivity index (χ1n) is 5.59. The largest absolute Gasteiger partial charge is 0.497 e. The van der Waals surface area contributed by atoms with Crippen LogP contribution in [-0.2, 0) is 11.2 Å². The molecule has 1 amide bonds. The van der Waals surface area contributed by atoms with Gasteiger partial charge in [-0.2, -0.15) is 0 Å². The van der Waals surface area contributed by atoms with Gasteiger partial charge in [0.15, 0.2) is 0 Å². The third-order valence-electron chi connectivity index (χ3n) is 2.68. The summed E-state index contributed by atoms with van der Waals surface area (Å²) in [6, 6.07) is 7.76. The van der Waals surface area contributed by atoms with Crippen LogP contribution in [0, 0.1) is 5.92 Å². The number of hydrogen-bond acceptors (Lipinski definition) is 2. The van der Waals surface area contributed by atoms with Crippen LogP contribution in [0.15, 0.2) is 24.3 Å². The normalized spacial score (nSPS) is 12.1. The van der Waals surface area contributed by atoms with Crippen molar-refractivity contribution < 1.29 is 9.53 Å². The minimum atomic E-state index is -0.210. The van der Waals surface area contributed by atoms with Crippen LogP contribution in [0.4, 0.5) is 0 Å². The smallest absolute Gasteiger partial charge is 0.220 e. The highest BCUT2D eigenvalue weighted by molar-refractivity contribution is 5.76. The van der Waals surface area contributed by atoms with E-state index in [1.54, 1.807) is 7.11 Å². The summed E-state index contributed by atoms with van der Waals surface area (Å²) in [5.74, 6) is 0.561. The molecule has 1 rings (SSSR count). The fourth-order valence-corrected chi connectivity index (χ4v) is 1.74. The maximum absolute atomic E-state index is 11.2. The van der Waals surface area contributed by atoms with E-state index in [2.05, 4.69) is 6.92 Å². The molecule has 0 radical (unpaired) electrons. The Bertz CT molecular complexity index is 332. The molecule has 0 saturated heterocycles. The first kappa shape index (κ1) is 12.6. The van der Waals surface area contributed by atoms with Crippen molar-refractivity contribution in [1.29, 1.82) is 0 Å². The van der Waals surface area contributed by atoms with E-state index in [0.717, 1.165) is 24.2 Å². The van der Waals surface area contributed by atoms with Crippen molar-refractivity contribution in [3.8, 4) is 5.75 Å².